The fourth-order valence-corrected chi connectivity index (χ4v) is 1.60. The van der Waals surface area contributed by atoms with E-state index in [-0.39, 0.29) is 6.10 Å². The van der Waals surface area contributed by atoms with E-state index in [0.29, 0.717) is 6.42 Å². The molecule has 13 heavy (non-hydrogen) atoms. The van der Waals surface area contributed by atoms with Crippen LogP contribution in [0, 0.1) is 0 Å². The Labute approximate surface area is 92.6 Å². The quantitative estimate of drug-likeness (QED) is 0.847. The Morgan fingerprint density at radius 3 is 2.62 bits per heavy atom. The van der Waals surface area contributed by atoms with Crippen LogP contribution in [-0.4, -0.2) is 11.2 Å². The van der Waals surface area contributed by atoms with Gasteiger partial charge in [0.15, 0.2) is 0 Å². The number of benzene rings is 1. The largest absolute Gasteiger partial charge is 0.393 e. The topological polar surface area (TPSA) is 20.2 Å². The summed E-state index contributed by atoms with van der Waals surface area (Å²) in [6.45, 7) is 1.80. The number of aliphatic hydroxyl groups excluding tert-OH is 1. The average molecular weight is 288 g/mol. The molecule has 1 aromatic rings. The molecule has 0 bridgehead atoms. The third kappa shape index (κ3) is 3.91. The molecule has 1 atom stereocenters. The highest BCUT2D eigenvalue weighted by atomic mass is 127. The molecule has 1 N–H and O–H groups in total. The van der Waals surface area contributed by atoms with Gasteiger partial charge in [0.25, 0.3) is 0 Å². The summed E-state index contributed by atoms with van der Waals surface area (Å²) in [4.78, 5) is 0. The Morgan fingerprint density at radius 1 is 1.46 bits per heavy atom. The van der Waals surface area contributed by atoms with E-state index in [1.165, 1.54) is 9.14 Å². The summed E-state index contributed by atoms with van der Waals surface area (Å²) in [5, 5.41) is 9.10. The lowest BCUT2D eigenvalue weighted by Crippen LogP contribution is -1.95. The molecular formula is C11H13IO. The van der Waals surface area contributed by atoms with E-state index in [1.807, 2.05) is 18.2 Å². The van der Waals surface area contributed by atoms with Gasteiger partial charge in [-0.2, -0.15) is 0 Å². The van der Waals surface area contributed by atoms with Crippen molar-refractivity contribution < 1.29 is 5.11 Å². The zero-order valence-electron chi connectivity index (χ0n) is 7.57. The predicted molar refractivity (Wildman–Crippen MR) is 64.7 cm³/mol. The number of rotatable bonds is 3. The fourth-order valence-electron chi connectivity index (χ4n) is 0.989. The maximum atomic E-state index is 9.10. The minimum atomic E-state index is -0.256. The van der Waals surface area contributed by atoms with Gasteiger partial charge in [-0.3, -0.25) is 0 Å². The second-order valence-electron chi connectivity index (χ2n) is 3.00. The second kappa shape index (κ2) is 5.40. The van der Waals surface area contributed by atoms with E-state index in [1.54, 1.807) is 6.92 Å². The van der Waals surface area contributed by atoms with Crippen molar-refractivity contribution in [2.75, 3.05) is 0 Å². The van der Waals surface area contributed by atoms with Crippen molar-refractivity contribution in [3.8, 4) is 0 Å². The molecule has 0 aliphatic heterocycles. The highest BCUT2D eigenvalue weighted by molar-refractivity contribution is 14.1. The summed E-state index contributed by atoms with van der Waals surface area (Å²) in [5.74, 6) is 0. The Morgan fingerprint density at radius 2 is 2.08 bits per heavy atom. The van der Waals surface area contributed by atoms with E-state index in [0.717, 1.165) is 0 Å². The molecular weight excluding hydrogens is 275 g/mol. The summed E-state index contributed by atoms with van der Waals surface area (Å²) in [5.41, 5.74) is 1.21. The monoisotopic (exact) mass is 288 g/mol. The van der Waals surface area contributed by atoms with Gasteiger partial charge in [-0.05, 0) is 41.5 Å². The third-order valence-corrected chi connectivity index (χ3v) is 2.75. The molecule has 0 aliphatic rings. The third-order valence-electron chi connectivity index (χ3n) is 1.69. The molecule has 0 heterocycles. The first kappa shape index (κ1) is 10.7. The molecule has 0 amide bonds. The Balaban J connectivity index is 2.68. The van der Waals surface area contributed by atoms with Crippen molar-refractivity contribution in [2.24, 2.45) is 0 Å². The van der Waals surface area contributed by atoms with Crippen LogP contribution in [0.1, 0.15) is 18.9 Å². The standard InChI is InChI=1S/C11H13IO/c1-9(13)7-8-11(12)10-5-3-2-4-6-10/h2-6,8-9,13H,7H2,1H3/b11-8-. The molecule has 1 unspecified atom stereocenters. The van der Waals surface area contributed by atoms with E-state index < -0.39 is 0 Å². The van der Waals surface area contributed by atoms with Gasteiger partial charge in [-0.15, -0.1) is 0 Å². The molecule has 0 aliphatic carbocycles. The molecule has 0 spiro atoms. The number of hydrogen-bond acceptors (Lipinski definition) is 1. The molecule has 0 radical (unpaired) electrons. The Kier molecular flexibility index (Phi) is 4.45. The average Bonchev–Trinajstić information content (AvgIpc) is 2.15. The Hall–Kier alpha value is -0.350. The van der Waals surface area contributed by atoms with Crippen LogP contribution in [0.25, 0.3) is 3.58 Å². The Bertz CT molecular complexity index is 277. The van der Waals surface area contributed by atoms with Crippen LogP contribution in [0.3, 0.4) is 0 Å². The number of halogens is 1. The van der Waals surface area contributed by atoms with Crippen molar-refractivity contribution in [3.63, 3.8) is 0 Å². The van der Waals surface area contributed by atoms with Gasteiger partial charge in [0, 0.05) is 3.58 Å². The van der Waals surface area contributed by atoms with Gasteiger partial charge in [0.1, 0.15) is 0 Å². The number of aliphatic hydroxyl groups is 1. The van der Waals surface area contributed by atoms with Gasteiger partial charge in [-0.1, -0.05) is 36.4 Å². The van der Waals surface area contributed by atoms with Crippen LogP contribution in [-0.2, 0) is 0 Å². The lowest BCUT2D eigenvalue weighted by atomic mass is 10.2. The summed E-state index contributed by atoms with van der Waals surface area (Å²) >= 11 is 2.29. The van der Waals surface area contributed by atoms with E-state index in [4.69, 9.17) is 5.11 Å². The van der Waals surface area contributed by atoms with Crippen LogP contribution < -0.4 is 0 Å². The highest BCUT2D eigenvalue weighted by Crippen LogP contribution is 2.21. The molecule has 0 saturated heterocycles. The van der Waals surface area contributed by atoms with Gasteiger partial charge in [0.05, 0.1) is 6.10 Å². The summed E-state index contributed by atoms with van der Waals surface area (Å²) in [7, 11) is 0. The first-order chi connectivity index (χ1) is 6.20. The molecule has 0 fully saturated rings. The van der Waals surface area contributed by atoms with Crippen molar-refractivity contribution in [3.05, 3.63) is 42.0 Å². The molecule has 1 aromatic carbocycles. The number of hydrogen-bond donors (Lipinski definition) is 1. The lowest BCUT2D eigenvalue weighted by Gasteiger charge is -2.01. The molecule has 2 heteroatoms. The SMILES string of the molecule is CC(O)C/C=C(\I)c1ccccc1. The molecule has 70 valence electrons. The van der Waals surface area contributed by atoms with Crippen molar-refractivity contribution >= 4 is 26.2 Å². The van der Waals surface area contributed by atoms with Crippen LogP contribution in [0.15, 0.2) is 36.4 Å². The van der Waals surface area contributed by atoms with Gasteiger partial charge in [0.2, 0.25) is 0 Å². The zero-order valence-corrected chi connectivity index (χ0v) is 9.73. The first-order valence-electron chi connectivity index (χ1n) is 4.29. The van der Waals surface area contributed by atoms with Gasteiger partial charge < -0.3 is 5.11 Å². The van der Waals surface area contributed by atoms with Crippen LogP contribution >= 0.6 is 22.6 Å². The lowest BCUT2D eigenvalue weighted by molar-refractivity contribution is 0.198. The molecule has 0 aromatic heterocycles. The van der Waals surface area contributed by atoms with Crippen molar-refractivity contribution in [1.29, 1.82) is 0 Å². The predicted octanol–water partition coefficient (Wildman–Crippen LogP) is 3.23. The zero-order chi connectivity index (χ0) is 9.68. The van der Waals surface area contributed by atoms with Crippen molar-refractivity contribution in [1.82, 2.24) is 0 Å². The molecule has 0 saturated carbocycles. The van der Waals surface area contributed by atoms with Crippen LogP contribution in [0.2, 0.25) is 0 Å². The van der Waals surface area contributed by atoms with Crippen molar-refractivity contribution in [2.45, 2.75) is 19.4 Å². The minimum Gasteiger partial charge on any atom is -0.393 e. The summed E-state index contributed by atoms with van der Waals surface area (Å²) in [6, 6.07) is 10.2. The van der Waals surface area contributed by atoms with Crippen LogP contribution in [0.4, 0.5) is 0 Å². The van der Waals surface area contributed by atoms with E-state index in [9.17, 15) is 0 Å². The second-order valence-corrected chi connectivity index (χ2v) is 4.17. The highest BCUT2D eigenvalue weighted by Gasteiger charge is 1.96. The maximum Gasteiger partial charge on any atom is 0.0547 e. The van der Waals surface area contributed by atoms with Crippen LogP contribution in [0.5, 0.6) is 0 Å². The summed E-state index contributed by atoms with van der Waals surface area (Å²) in [6.07, 6.45) is 2.52. The molecule has 1 rings (SSSR count). The van der Waals surface area contributed by atoms with Gasteiger partial charge >= 0.3 is 0 Å². The molecule has 1 nitrogen and oxygen atoms in total. The first-order valence-corrected chi connectivity index (χ1v) is 5.37. The smallest absolute Gasteiger partial charge is 0.0547 e. The fraction of sp³-hybridized carbons (Fsp3) is 0.273. The minimum absolute atomic E-state index is 0.256. The van der Waals surface area contributed by atoms with E-state index in [2.05, 4.69) is 40.8 Å². The maximum absolute atomic E-state index is 9.10. The normalized spacial score (nSPS) is 14.2. The van der Waals surface area contributed by atoms with E-state index >= 15 is 0 Å². The van der Waals surface area contributed by atoms with Gasteiger partial charge in [-0.25, -0.2) is 0 Å². The summed E-state index contributed by atoms with van der Waals surface area (Å²) < 4.78 is 1.19.